The molecule has 7 fully saturated rings. The second-order valence-corrected chi connectivity index (χ2v) is 8.87. The third kappa shape index (κ3) is 1.33. The predicted molar refractivity (Wildman–Crippen MR) is 93.4 cm³/mol. The lowest BCUT2D eigenvalue weighted by molar-refractivity contribution is -0.793. The summed E-state index contributed by atoms with van der Waals surface area (Å²) in [6.45, 7) is 0. The number of nitrogens with zero attached hydrogens (tertiary/aromatic N) is 2. The largest absolute Gasteiger partial charge is 0.506 e. The molecule has 4 aliphatic carbocycles. The zero-order valence-corrected chi connectivity index (χ0v) is 14.1. The molecule has 3 heteroatoms. The van der Waals surface area contributed by atoms with Crippen LogP contribution in [0, 0.1) is 0 Å². The predicted octanol–water partition coefficient (Wildman–Crippen LogP) is 3.95. The Morgan fingerprint density at radius 1 is 0.680 bits per heavy atom. The lowest BCUT2D eigenvalue weighted by atomic mass is 9.32. The van der Waals surface area contributed by atoms with Gasteiger partial charge in [-0.1, -0.05) is 60.7 Å². The highest BCUT2D eigenvalue weighted by Gasteiger charge is 2.86. The molecule has 0 unspecified atom stereocenters. The molecular weight excluding hydrogens is 308 g/mol. The van der Waals surface area contributed by atoms with Crippen LogP contribution in [0.4, 0.5) is 0 Å². The van der Waals surface area contributed by atoms with Gasteiger partial charge in [0.1, 0.15) is 0 Å². The summed E-state index contributed by atoms with van der Waals surface area (Å²) in [5.41, 5.74) is 11.8. The third-order valence-corrected chi connectivity index (χ3v) is 7.60. The van der Waals surface area contributed by atoms with E-state index in [1.807, 2.05) is 36.4 Å². The fourth-order valence-electron chi connectivity index (χ4n) is 7.18. The summed E-state index contributed by atoms with van der Waals surface area (Å²) in [7, 11) is 0. The van der Waals surface area contributed by atoms with Crippen LogP contribution in [0.15, 0.2) is 60.7 Å². The van der Waals surface area contributed by atoms with Crippen molar-refractivity contribution in [1.82, 2.24) is 0 Å². The van der Waals surface area contributed by atoms with Gasteiger partial charge in [0.15, 0.2) is 16.9 Å². The maximum absolute atomic E-state index is 14.0. The Morgan fingerprint density at radius 2 is 1.08 bits per heavy atom. The monoisotopic (exact) mass is 328 g/mol. The standard InChI is InChI=1S/C22H20N2O/c23-24-19-11-20(24)13-21(12-19,16-7-3-1-4-8-16)18(25)22(14-19,15-20)17-9-5-2-6-10-17/h1-10H,11-15H2. The quantitative estimate of drug-likeness (QED) is 0.770. The Morgan fingerprint density at radius 3 is 1.44 bits per heavy atom. The minimum absolute atomic E-state index is 0.226. The van der Waals surface area contributed by atoms with Gasteiger partial charge in [-0.15, -0.1) is 0 Å². The lowest BCUT2D eigenvalue weighted by Crippen LogP contribution is -2.87. The molecule has 3 heterocycles. The summed E-state index contributed by atoms with van der Waals surface area (Å²) in [5, 5.41) is 0. The van der Waals surface area contributed by atoms with Crippen molar-refractivity contribution in [2.45, 2.75) is 54.0 Å². The first-order valence-corrected chi connectivity index (χ1v) is 9.21. The molecule has 4 saturated carbocycles. The number of rotatable bonds is 2. The van der Waals surface area contributed by atoms with Crippen LogP contribution in [0.5, 0.6) is 0 Å². The van der Waals surface area contributed by atoms with Gasteiger partial charge in [0.05, 0.1) is 17.3 Å². The van der Waals surface area contributed by atoms with E-state index in [0.29, 0.717) is 5.78 Å². The molecule has 4 bridgehead atoms. The summed E-state index contributed by atoms with van der Waals surface area (Å²) >= 11 is 0. The first kappa shape index (κ1) is 13.9. The second kappa shape index (κ2) is 3.92. The van der Waals surface area contributed by atoms with Gasteiger partial charge in [0, 0.05) is 25.7 Å². The van der Waals surface area contributed by atoms with Crippen molar-refractivity contribution in [3.63, 3.8) is 0 Å². The van der Waals surface area contributed by atoms with Crippen LogP contribution in [-0.2, 0) is 15.6 Å². The van der Waals surface area contributed by atoms with E-state index in [1.165, 1.54) is 0 Å². The first-order chi connectivity index (χ1) is 12.1. The third-order valence-electron chi connectivity index (χ3n) is 7.60. The van der Waals surface area contributed by atoms with Crippen LogP contribution in [-0.4, -0.2) is 21.6 Å². The highest BCUT2D eigenvalue weighted by atomic mass is 16.1. The molecule has 2 spiro atoms. The number of carbonyl (C=O) groups excluding carboxylic acids is 1. The van der Waals surface area contributed by atoms with Gasteiger partial charge in [-0.25, -0.2) is 0 Å². The average Bonchev–Trinajstić information content (AvgIpc) is 2.66. The fourth-order valence-corrected chi connectivity index (χ4v) is 7.18. The van der Waals surface area contributed by atoms with Crippen LogP contribution in [0.25, 0.3) is 5.53 Å². The lowest BCUT2D eigenvalue weighted by Gasteiger charge is -2.75. The van der Waals surface area contributed by atoms with E-state index >= 15 is 0 Å². The summed E-state index contributed by atoms with van der Waals surface area (Å²) < 4.78 is 1.65. The van der Waals surface area contributed by atoms with Crippen molar-refractivity contribution in [3.05, 3.63) is 77.3 Å². The van der Waals surface area contributed by atoms with Gasteiger partial charge in [-0.2, -0.15) is 0 Å². The van der Waals surface area contributed by atoms with Crippen molar-refractivity contribution in [2.24, 2.45) is 0 Å². The molecule has 124 valence electrons. The van der Waals surface area contributed by atoms with Crippen molar-refractivity contribution in [3.8, 4) is 0 Å². The van der Waals surface area contributed by atoms with Crippen LogP contribution < -0.4 is 0 Å². The summed E-state index contributed by atoms with van der Waals surface area (Å²) in [5.74, 6) is 0.386. The van der Waals surface area contributed by atoms with Gasteiger partial charge in [0.25, 0.3) is 0 Å². The SMILES string of the molecule is [N-]=[N+]1C23CC4(c5ccccc5)CC1(CC(c1ccccc1)(C2)C4=O)C3. The van der Waals surface area contributed by atoms with Gasteiger partial charge in [-0.05, 0) is 11.1 Å². The van der Waals surface area contributed by atoms with Gasteiger partial charge < -0.3 is 10.2 Å². The second-order valence-electron chi connectivity index (χ2n) is 8.87. The van der Waals surface area contributed by atoms with Crippen molar-refractivity contribution >= 4 is 5.78 Å². The summed E-state index contributed by atoms with van der Waals surface area (Å²) in [6.07, 6.45) is 4.07. The van der Waals surface area contributed by atoms with E-state index in [4.69, 9.17) is 0 Å². The molecule has 0 atom stereocenters. The van der Waals surface area contributed by atoms with Crippen LogP contribution in [0.2, 0.25) is 0 Å². The summed E-state index contributed by atoms with van der Waals surface area (Å²) in [6, 6.07) is 20.6. The van der Waals surface area contributed by atoms with E-state index in [-0.39, 0.29) is 11.1 Å². The maximum Gasteiger partial charge on any atom is 0.160 e. The van der Waals surface area contributed by atoms with E-state index in [1.54, 1.807) is 4.70 Å². The Labute approximate surface area is 147 Å². The van der Waals surface area contributed by atoms with E-state index in [9.17, 15) is 10.3 Å². The molecule has 3 saturated heterocycles. The highest BCUT2D eigenvalue weighted by molar-refractivity contribution is 6.02. The molecule has 25 heavy (non-hydrogen) atoms. The first-order valence-electron chi connectivity index (χ1n) is 9.21. The van der Waals surface area contributed by atoms with Gasteiger partial charge in [0.2, 0.25) is 0 Å². The van der Waals surface area contributed by atoms with Crippen molar-refractivity contribution in [2.75, 3.05) is 0 Å². The maximum atomic E-state index is 14.0. The number of benzene rings is 2. The smallest absolute Gasteiger partial charge is 0.160 e. The normalized spacial score (nSPS) is 43.2. The zero-order valence-electron chi connectivity index (χ0n) is 14.1. The molecule has 2 aromatic rings. The Hall–Kier alpha value is -2.29. The van der Waals surface area contributed by atoms with E-state index in [0.717, 1.165) is 43.2 Å². The molecule has 0 aromatic heterocycles. The topological polar surface area (TPSA) is 42.4 Å². The molecule has 3 aliphatic heterocycles. The molecule has 0 amide bonds. The molecular formula is C22H20N2O. The number of hydrogen-bond donors (Lipinski definition) is 0. The average molecular weight is 328 g/mol. The number of piperidine rings is 2. The van der Waals surface area contributed by atoms with E-state index < -0.39 is 10.8 Å². The van der Waals surface area contributed by atoms with Crippen LogP contribution in [0.1, 0.15) is 43.2 Å². The van der Waals surface area contributed by atoms with Crippen LogP contribution >= 0.6 is 0 Å². The molecule has 7 aliphatic rings. The molecule has 3 nitrogen and oxygen atoms in total. The van der Waals surface area contributed by atoms with Crippen molar-refractivity contribution in [1.29, 1.82) is 0 Å². The number of ketones is 1. The Balaban J connectivity index is 1.62. The number of Topliss-reactive ketones (excluding diaryl/α,β-unsaturated/α-hetero) is 1. The molecule has 0 radical (unpaired) electrons. The Kier molecular flexibility index (Phi) is 2.19. The van der Waals surface area contributed by atoms with Gasteiger partial charge in [-0.3, -0.25) is 4.79 Å². The van der Waals surface area contributed by atoms with Gasteiger partial charge >= 0.3 is 0 Å². The fraction of sp³-hybridized carbons (Fsp3) is 0.409. The zero-order chi connectivity index (χ0) is 16.9. The molecule has 2 aromatic carbocycles. The van der Waals surface area contributed by atoms with E-state index in [2.05, 4.69) is 24.3 Å². The summed E-state index contributed by atoms with van der Waals surface area (Å²) in [4.78, 5) is 14.0. The minimum atomic E-state index is -0.439. The number of hydrogen-bond acceptors (Lipinski definition) is 1. The molecule has 9 rings (SSSR count). The minimum Gasteiger partial charge on any atom is -0.506 e. The van der Waals surface area contributed by atoms with Crippen molar-refractivity contribution < 1.29 is 9.49 Å². The van der Waals surface area contributed by atoms with Crippen LogP contribution in [0.3, 0.4) is 0 Å². The Bertz CT molecular complexity index is 846. The molecule has 0 N–H and O–H groups in total. The highest BCUT2D eigenvalue weighted by Crippen LogP contribution is 2.75. The number of carbonyl (C=O) groups is 1.